The molecule has 1 N–H and O–H groups in total. The second kappa shape index (κ2) is 6.14. The zero-order valence-corrected chi connectivity index (χ0v) is 12.9. The van der Waals surface area contributed by atoms with Gasteiger partial charge in [-0.1, -0.05) is 0 Å². The molecule has 2 aromatic rings. The van der Waals surface area contributed by atoms with Gasteiger partial charge in [-0.05, 0) is 42.5 Å². The zero-order valence-electron chi connectivity index (χ0n) is 12.1. The van der Waals surface area contributed by atoms with E-state index in [9.17, 15) is 13.6 Å². The fraction of sp³-hybridized carbons (Fsp3) is 0.312. The van der Waals surface area contributed by atoms with Crippen LogP contribution < -0.4 is 5.32 Å². The highest BCUT2D eigenvalue weighted by molar-refractivity contribution is 7.10. The highest BCUT2D eigenvalue weighted by atomic mass is 32.1. The van der Waals surface area contributed by atoms with E-state index >= 15 is 0 Å². The molecule has 0 radical (unpaired) electrons. The van der Waals surface area contributed by atoms with Crippen molar-refractivity contribution >= 4 is 22.9 Å². The number of thiophene rings is 1. The molecule has 1 aliphatic heterocycles. The normalized spacial score (nSPS) is 16.1. The molecule has 116 valence electrons. The molecule has 0 saturated heterocycles. The number of benzene rings is 1. The second-order valence-corrected chi connectivity index (χ2v) is 6.38. The van der Waals surface area contributed by atoms with Crippen molar-refractivity contribution in [3.63, 3.8) is 0 Å². The summed E-state index contributed by atoms with van der Waals surface area (Å²) in [5.74, 6) is -1.71. The van der Waals surface area contributed by atoms with Crippen molar-refractivity contribution in [1.29, 1.82) is 0 Å². The summed E-state index contributed by atoms with van der Waals surface area (Å²) in [6, 6.07) is 4.83. The van der Waals surface area contributed by atoms with Crippen LogP contribution in [0.5, 0.6) is 0 Å². The Morgan fingerprint density at radius 1 is 1.36 bits per heavy atom. The smallest absolute Gasteiger partial charge is 0.241 e. The summed E-state index contributed by atoms with van der Waals surface area (Å²) < 4.78 is 26.5. The number of nitrogens with one attached hydrogen (secondary N) is 1. The van der Waals surface area contributed by atoms with Gasteiger partial charge in [0, 0.05) is 24.0 Å². The molecule has 1 aromatic heterocycles. The largest absolute Gasteiger partial charge is 0.322 e. The first-order valence-electron chi connectivity index (χ1n) is 7.10. The maximum Gasteiger partial charge on any atom is 0.241 e. The lowest BCUT2D eigenvalue weighted by atomic mass is 10.1. The molecular weight excluding hydrogens is 306 g/mol. The van der Waals surface area contributed by atoms with Crippen LogP contribution in [-0.4, -0.2) is 23.4 Å². The lowest BCUT2D eigenvalue weighted by Gasteiger charge is -2.31. The van der Waals surface area contributed by atoms with Crippen molar-refractivity contribution in [3.05, 3.63) is 51.7 Å². The molecule has 1 atom stereocenters. The molecule has 1 aromatic carbocycles. The van der Waals surface area contributed by atoms with Crippen molar-refractivity contribution in [3.8, 4) is 0 Å². The van der Waals surface area contributed by atoms with Gasteiger partial charge in [-0.3, -0.25) is 9.69 Å². The predicted octanol–water partition coefficient (Wildman–Crippen LogP) is 3.41. The Balaban J connectivity index is 1.67. The van der Waals surface area contributed by atoms with Crippen LogP contribution in [0.25, 0.3) is 0 Å². The molecule has 0 aliphatic carbocycles. The van der Waals surface area contributed by atoms with E-state index in [1.54, 1.807) is 18.3 Å². The average Bonchev–Trinajstić information content (AvgIpc) is 2.96. The molecule has 1 aliphatic rings. The summed E-state index contributed by atoms with van der Waals surface area (Å²) in [4.78, 5) is 15.7. The molecule has 1 amide bonds. The lowest BCUT2D eigenvalue weighted by molar-refractivity contribution is -0.121. The minimum absolute atomic E-state index is 0.00600. The Morgan fingerprint density at radius 2 is 2.18 bits per heavy atom. The van der Waals surface area contributed by atoms with E-state index in [0.29, 0.717) is 0 Å². The van der Waals surface area contributed by atoms with E-state index in [0.717, 1.165) is 31.6 Å². The number of carbonyl (C=O) groups excluding carboxylic acids is 1. The molecule has 22 heavy (non-hydrogen) atoms. The maximum atomic E-state index is 13.6. The summed E-state index contributed by atoms with van der Waals surface area (Å²) in [7, 11) is 0. The van der Waals surface area contributed by atoms with Crippen LogP contribution in [-0.2, 0) is 17.8 Å². The molecule has 0 fully saturated rings. The average molecular weight is 322 g/mol. The molecule has 0 bridgehead atoms. The quantitative estimate of drug-likeness (QED) is 0.939. The Hall–Kier alpha value is -1.79. The molecule has 0 saturated carbocycles. The van der Waals surface area contributed by atoms with Gasteiger partial charge in [0.05, 0.1) is 11.7 Å². The van der Waals surface area contributed by atoms with Gasteiger partial charge in [-0.2, -0.15) is 0 Å². The molecule has 2 heterocycles. The van der Waals surface area contributed by atoms with Gasteiger partial charge in [-0.25, -0.2) is 8.78 Å². The first kappa shape index (κ1) is 15.1. The molecule has 3 rings (SSSR count). The third-order valence-electron chi connectivity index (χ3n) is 3.95. The molecular formula is C16H16F2N2OS. The fourth-order valence-electron chi connectivity index (χ4n) is 2.59. The van der Waals surface area contributed by atoms with E-state index in [1.165, 1.54) is 16.5 Å². The van der Waals surface area contributed by atoms with Crippen LogP contribution in [0.15, 0.2) is 29.6 Å². The topological polar surface area (TPSA) is 32.3 Å². The van der Waals surface area contributed by atoms with Crippen molar-refractivity contribution < 1.29 is 13.6 Å². The van der Waals surface area contributed by atoms with Crippen LogP contribution in [0, 0.1) is 11.6 Å². The first-order chi connectivity index (χ1) is 10.5. The molecule has 0 spiro atoms. The van der Waals surface area contributed by atoms with Gasteiger partial charge in [-0.15, -0.1) is 11.3 Å². The number of rotatable bonds is 3. The molecule has 6 heteroatoms. The number of fused-ring (bicyclic) bond motifs is 1. The SMILES string of the molecule is CC(C(=O)Nc1ccc(F)cc1F)N1CCc2sccc2C1. The molecule has 1 unspecified atom stereocenters. The van der Waals surface area contributed by atoms with Crippen molar-refractivity contribution in [1.82, 2.24) is 4.90 Å². The number of hydrogen-bond acceptors (Lipinski definition) is 3. The van der Waals surface area contributed by atoms with Crippen LogP contribution in [0.3, 0.4) is 0 Å². The van der Waals surface area contributed by atoms with Crippen LogP contribution in [0.2, 0.25) is 0 Å². The molecule has 3 nitrogen and oxygen atoms in total. The number of halogens is 2. The number of anilines is 1. The Kier molecular flexibility index (Phi) is 4.22. The van der Waals surface area contributed by atoms with Crippen molar-refractivity contribution in [2.45, 2.75) is 25.9 Å². The van der Waals surface area contributed by atoms with E-state index in [2.05, 4.69) is 21.7 Å². The highest BCUT2D eigenvalue weighted by Gasteiger charge is 2.26. The van der Waals surface area contributed by atoms with Gasteiger partial charge in [0.2, 0.25) is 5.91 Å². The Labute approximate surface area is 131 Å². The van der Waals surface area contributed by atoms with E-state index < -0.39 is 11.6 Å². The van der Waals surface area contributed by atoms with Crippen LogP contribution in [0.4, 0.5) is 14.5 Å². The number of carbonyl (C=O) groups is 1. The van der Waals surface area contributed by atoms with Gasteiger partial charge in [0.1, 0.15) is 11.6 Å². The minimum atomic E-state index is -0.765. The van der Waals surface area contributed by atoms with E-state index in [4.69, 9.17) is 0 Å². The first-order valence-corrected chi connectivity index (χ1v) is 7.98. The number of nitrogens with zero attached hydrogens (tertiary/aromatic N) is 1. The van der Waals surface area contributed by atoms with Gasteiger partial charge in [0.15, 0.2) is 0 Å². The van der Waals surface area contributed by atoms with E-state index in [-0.39, 0.29) is 17.6 Å². The Morgan fingerprint density at radius 3 is 2.95 bits per heavy atom. The lowest BCUT2D eigenvalue weighted by Crippen LogP contribution is -2.44. The Bertz CT molecular complexity index is 701. The summed E-state index contributed by atoms with van der Waals surface area (Å²) in [6.07, 6.45) is 0.926. The number of hydrogen-bond donors (Lipinski definition) is 1. The third-order valence-corrected chi connectivity index (χ3v) is 4.98. The third kappa shape index (κ3) is 3.03. The minimum Gasteiger partial charge on any atom is -0.322 e. The standard InChI is InChI=1S/C16H16F2N2OS/c1-10(20-6-4-15-11(9-20)5-7-22-15)16(21)19-14-3-2-12(17)8-13(14)18/h2-3,5,7-8,10H,4,6,9H2,1H3,(H,19,21). The van der Waals surface area contributed by atoms with Crippen molar-refractivity contribution in [2.75, 3.05) is 11.9 Å². The maximum absolute atomic E-state index is 13.6. The number of amides is 1. The summed E-state index contributed by atoms with van der Waals surface area (Å²) in [5, 5.41) is 4.59. The monoisotopic (exact) mass is 322 g/mol. The summed E-state index contributed by atoms with van der Waals surface area (Å²) in [5.41, 5.74) is 1.26. The van der Waals surface area contributed by atoms with Crippen LogP contribution >= 0.6 is 11.3 Å². The van der Waals surface area contributed by atoms with Gasteiger partial charge in [0.25, 0.3) is 0 Å². The van der Waals surface area contributed by atoms with Crippen LogP contribution in [0.1, 0.15) is 17.4 Å². The van der Waals surface area contributed by atoms with Crippen molar-refractivity contribution in [2.24, 2.45) is 0 Å². The van der Waals surface area contributed by atoms with E-state index in [1.807, 2.05) is 0 Å². The fourth-order valence-corrected chi connectivity index (χ4v) is 3.48. The van der Waals surface area contributed by atoms with Gasteiger partial charge < -0.3 is 5.32 Å². The second-order valence-electron chi connectivity index (χ2n) is 5.38. The summed E-state index contributed by atoms with van der Waals surface area (Å²) >= 11 is 1.74. The summed E-state index contributed by atoms with van der Waals surface area (Å²) in [6.45, 7) is 3.32. The highest BCUT2D eigenvalue weighted by Crippen LogP contribution is 2.25. The predicted molar refractivity (Wildman–Crippen MR) is 82.9 cm³/mol. The van der Waals surface area contributed by atoms with Gasteiger partial charge >= 0.3 is 0 Å². The zero-order chi connectivity index (χ0) is 15.7.